The molecule has 0 radical (unpaired) electrons. The van der Waals surface area contributed by atoms with E-state index in [9.17, 15) is 4.79 Å². The Morgan fingerprint density at radius 2 is 2.07 bits per heavy atom. The summed E-state index contributed by atoms with van der Waals surface area (Å²) in [5.74, 6) is 1.12. The van der Waals surface area contributed by atoms with E-state index in [-0.39, 0.29) is 11.9 Å². The van der Waals surface area contributed by atoms with Crippen LogP contribution in [-0.2, 0) is 4.79 Å². The fourth-order valence-corrected chi connectivity index (χ4v) is 6.03. The molecular weight excluding hydrogens is 244 g/mol. The molecule has 2 aliphatic heterocycles. The SMILES string of the molecule is CC1SC[C@H]2C(=O)N([Si](C)(C)C)C(=S)N12. The quantitative estimate of drug-likeness (QED) is 0.529. The van der Waals surface area contributed by atoms with Crippen LogP contribution in [0.25, 0.3) is 0 Å². The predicted octanol–water partition coefficient (Wildman–Crippen LogP) is 1.71. The first-order valence-electron chi connectivity index (χ1n) is 5.12. The Balaban J connectivity index is 2.33. The highest BCUT2D eigenvalue weighted by molar-refractivity contribution is 8.00. The summed E-state index contributed by atoms with van der Waals surface area (Å²) in [6.45, 7) is 8.61. The number of fused-ring (bicyclic) bond motifs is 1. The summed E-state index contributed by atoms with van der Waals surface area (Å²) in [5.41, 5.74) is 0. The van der Waals surface area contributed by atoms with Crippen molar-refractivity contribution in [3.63, 3.8) is 0 Å². The minimum absolute atomic E-state index is 0.0178. The molecule has 15 heavy (non-hydrogen) atoms. The van der Waals surface area contributed by atoms with E-state index in [1.807, 2.05) is 16.3 Å². The minimum Gasteiger partial charge on any atom is -0.325 e. The molecule has 0 aromatic rings. The van der Waals surface area contributed by atoms with Gasteiger partial charge in [-0.3, -0.25) is 4.79 Å². The maximum Gasteiger partial charge on any atom is 0.244 e. The van der Waals surface area contributed by atoms with E-state index in [1.165, 1.54) is 0 Å². The third kappa shape index (κ3) is 1.62. The zero-order valence-corrected chi connectivity index (χ0v) is 12.1. The third-order valence-corrected chi connectivity index (χ3v) is 6.36. The summed E-state index contributed by atoms with van der Waals surface area (Å²) in [6.07, 6.45) is 0. The average molecular weight is 260 g/mol. The van der Waals surface area contributed by atoms with Gasteiger partial charge in [0.15, 0.2) is 13.3 Å². The lowest BCUT2D eigenvalue weighted by molar-refractivity contribution is -0.124. The number of carbonyl (C=O) groups excluding carboxylic acids is 1. The number of thiocarbonyl (C=S) groups is 1. The number of nitrogens with zero attached hydrogens (tertiary/aromatic N) is 2. The van der Waals surface area contributed by atoms with Crippen molar-refractivity contribution in [1.82, 2.24) is 9.47 Å². The molecule has 2 rings (SSSR count). The second kappa shape index (κ2) is 3.46. The Kier molecular flexibility index (Phi) is 2.63. The molecule has 0 aromatic heterocycles. The van der Waals surface area contributed by atoms with E-state index in [2.05, 4.69) is 31.5 Å². The van der Waals surface area contributed by atoms with E-state index < -0.39 is 8.24 Å². The normalized spacial score (nSPS) is 31.5. The molecule has 6 heteroatoms. The fraction of sp³-hybridized carbons (Fsp3) is 0.778. The Hall–Kier alpha value is -0.0731. The number of thioether (sulfide) groups is 1. The van der Waals surface area contributed by atoms with E-state index in [0.717, 1.165) is 10.9 Å². The Morgan fingerprint density at radius 1 is 1.47 bits per heavy atom. The monoisotopic (exact) mass is 260 g/mol. The van der Waals surface area contributed by atoms with Crippen molar-refractivity contribution in [1.29, 1.82) is 0 Å². The molecule has 0 aliphatic carbocycles. The van der Waals surface area contributed by atoms with E-state index in [0.29, 0.717) is 5.37 Å². The van der Waals surface area contributed by atoms with Crippen molar-refractivity contribution < 1.29 is 4.79 Å². The van der Waals surface area contributed by atoms with Gasteiger partial charge in [-0.15, -0.1) is 11.8 Å². The van der Waals surface area contributed by atoms with Crippen molar-refractivity contribution >= 4 is 43.2 Å². The lowest BCUT2D eigenvalue weighted by Gasteiger charge is -2.31. The minimum atomic E-state index is -1.65. The van der Waals surface area contributed by atoms with Crippen molar-refractivity contribution in [3.05, 3.63) is 0 Å². The molecule has 0 bridgehead atoms. The fourth-order valence-electron chi connectivity index (χ4n) is 2.10. The molecule has 0 N–H and O–H groups in total. The van der Waals surface area contributed by atoms with Gasteiger partial charge >= 0.3 is 0 Å². The van der Waals surface area contributed by atoms with Crippen LogP contribution in [0, 0.1) is 0 Å². The molecule has 2 atom stereocenters. The van der Waals surface area contributed by atoms with Crippen LogP contribution in [0.1, 0.15) is 6.92 Å². The van der Waals surface area contributed by atoms with Crippen LogP contribution in [0.15, 0.2) is 0 Å². The average Bonchev–Trinajstić information content (AvgIpc) is 2.54. The topological polar surface area (TPSA) is 23.6 Å². The maximum absolute atomic E-state index is 12.2. The molecule has 1 unspecified atom stereocenters. The highest BCUT2D eigenvalue weighted by atomic mass is 32.2. The lowest BCUT2D eigenvalue weighted by Crippen LogP contribution is -2.51. The summed E-state index contributed by atoms with van der Waals surface area (Å²) >= 11 is 7.25. The van der Waals surface area contributed by atoms with Crippen molar-refractivity contribution in [2.45, 2.75) is 38.0 Å². The van der Waals surface area contributed by atoms with Crippen LogP contribution in [0.4, 0.5) is 0 Å². The first-order chi connectivity index (χ1) is 6.84. The van der Waals surface area contributed by atoms with Crippen molar-refractivity contribution in [2.24, 2.45) is 0 Å². The van der Waals surface area contributed by atoms with E-state index in [4.69, 9.17) is 12.2 Å². The van der Waals surface area contributed by atoms with Gasteiger partial charge in [-0.05, 0) is 19.1 Å². The van der Waals surface area contributed by atoms with Gasteiger partial charge in [0.1, 0.15) is 6.04 Å². The van der Waals surface area contributed by atoms with Crippen LogP contribution in [0.3, 0.4) is 0 Å². The highest BCUT2D eigenvalue weighted by Crippen LogP contribution is 2.36. The number of hydrogen-bond acceptors (Lipinski definition) is 3. The summed E-state index contributed by atoms with van der Waals surface area (Å²) < 4.78 is 1.91. The number of hydrogen-bond donors (Lipinski definition) is 0. The van der Waals surface area contributed by atoms with Crippen LogP contribution in [0.5, 0.6) is 0 Å². The van der Waals surface area contributed by atoms with Crippen LogP contribution < -0.4 is 0 Å². The Bertz CT molecular complexity index is 329. The maximum atomic E-state index is 12.2. The van der Waals surface area contributed by atoms with Gasteiger partial charge in [-0.2, -0.15) is 0 Å². The predicted molar refractivity (Wildman–Crippen MR) is 70.3 cm³/mol. The highest BCUT2D eigenvalue weighted by Gasteiger charge is 2.51. The lowest BCUT2D eigenvalue weighted by atomic mass is 10.3. The molecule has 84 valence electrons. The Morgan fingerprint density at radius 3 is 2.53 bits per heavy atom. The summed E-state index contributed by atoms with van der Waals surface area (Å²) in [4.78, 5) is 14.3. The van der Waals surface area contributed by atoms with Gasteiger partial charge in [0.2, 0.25) is 5.91 Å². The molecule has 1 amide bonds. The van der Waals surface area contributed by atoms with Gasteiger partial charge in [0.25, 0.3) is 0 Å². The zero-order chi connectivity index (χ0) is 11.4. The molecule has 0 spiro atoms. The molecule has 0 saturated carbocycles. The summed E-state index contributed by atoms with van der Waals surface area (Å²) in [7, 11) is -1.65. The van der Waals surface area contributed by atoms with E-state index in [1.54, 1.807) is 0 Å². The zero-order valence-electron chi connectivity index (χ0n) is 9.48. The Labute approximate surface area is 101 Å². The van der Waals surface area contributed by atoms with Crippen molar-refractivity contribution in [3.8, 4) is 0 Å². The number of amides is 1. The van der Waals surface area contributed by atoms with Crippen LogP contribution in [0.2, 0.25) is 19.6 Å². The molecule has 2 saturated heterocycles. The number of carbonyl (C=O) groups is 1. The molecule has 2 aliphatic rings. The van der Waals surface area contributed by atoms with Crippen molar-refractivity contribution in [2.75, 3.05) is 5.75 Å². The second-order valence-electron chi connectivity index (χ2n) is 4.98. The van der Waals surface area contributed by atoms with Gasteiger partial charge in [0.05, 0.1) is 5.37 Å². The molecular formula is C9H16N2OS2Si. The van der Waals surface area contributed by atoms with Gasteiger partial charge in [-0.25, -0.2) is 0 Å². The smallest absolute Gasteiger partial charge is 0.244 e. The standard InChI is InChI=1S/C9H16N2OS2Si/c1-6-10-7(5-14-6)8(12)11(9(10)13)15(2,3)4/h6-7H,5H2,1-4H3/t6?,7-/m0/s1. The van der Waals surface area contributed by atoms with E-state index >= 15 is 0 Å². The third-order valence-electron chi connectivity index (χ3n) is 2.81. The molecule has 2 heterocycles. The largest absolute Gasteiger partial charge is 0.325 e. The summed E-state index contributed by atoms with van der Waals surface area (Å²) in [5, 5.41) is 1.12. The van der Waals surface area contributed by atoms with Crippen LogP contribution >= 0.6 is 24.0 Å². The first kappa shape index (κ1) is 11.4. The molecule has 2 fully saturated rings. The number of rotatable bonds is 1. The summed E-state index contributed by atoms with van der Waals surface area (Å²) in [6, 6.07) is 0.0178. The van der Waals surface area contributed by atoms with Gasteiger partial charge in [0, 0.05) is 5.75 Å². The molecule has 0 aromatic carbocycles. The van der Waals surface area contributed by atoms with Gasteiger partial charge < -0.3 is 9.47 Å². The first-order valence-corrected chi connectivity index (χ1v) is 10.0. The van der Waals surface area contributed by atoms with Gasteiger partial charge in [-0.1, -0.05) is 19.6 Å². The second-order valence-corrected chi connectivity index (χ2v) is 11.5. The van der Waals surface area contributed by atoms with Crippen LogP contribution in [-0.4, -0.2) is 45.9 Å². The molecule has 3 nitrogen and oxygen atoms in total.